The van der Waals surface area contributed by atoms with Crippen molar-refractivity contribution < 1.29 is 8.42 Å². The highest BCUT2D eigenvalue weighted by molar-refractivity contribution is 8.13. The zero-order valence-electron chi connectivity index (χ0n) is 11.6. The van der Waals surface area contributed by atoms with Gasteiger partial charge in [0.1, 0.15) is 0 Å². The monoisotopic (exact) mass is 314 g/mol. The number of aryl methyl sites for hydroxylation is 1. The first-order valence-corrected chi connectivity index (χ1v) is 8.25. The summed E-state index contributed by atoms with van der Waals surface area (Å²) in [7, 11) is 1.47. The van der Waals surface area contributed by atoms with Crippen LogP contribution in [0, 0.1) is 6.92 Å². The predicted molar refractivity (Wildman–Crippen MR) is 76.0 cm³/mol. The first-order chi connectivity index (χ1) is 9.10. The lowest BCUT2D eigenvalue weighted by Crippen LogP contribution is -2.25. The van der Waals surface area contributed by atoms with Crippen LogP contribution in [0.4, 0.5) is 0 Å². The molecule has 0 saturated carbocycles. The molecule has 108 valence electrons. The van der Waals surface area contributed by atoms with Gasteiger partial charge in [0.2, 0.25) is 0 Å². The number of rotatable bonds is 2. The minimum Gasteiger partial charge on any atom is -0.291 e. The van der Waals surface area contributed by atoms with Gasteiger partial charge in [-0.3, -0.25) is 9.55 Å². The summed E-state index contributed by atoms with van der Waals surface area (Å²) >= 11 is 0. The van der Waals surface area contributed by atoms with E-state index in [4.69, 9.17) is 10.7 Å². The van der Waals surface area contributed by atoms with Gasteiger partial charge in [0.05, 0.1) is 0 Å². The van der Waals surface area contributed by atoms with E-state index in [9.17, 15) is 8.42 Å². The van der Waals surface area contributed by atoms with Crippen LogP contribution in [-0.2, 0) is 14.6 Å². The van der Waals surface area contributed by atoms with Crippen molar-refractivity contribution in [3.05, 3.63) is 24.0 Å². The van der Waals surface area contributed by atoms with Crippen LogP contribution in [0.25, 0.3) is 11.4 Å². The summed E-state index contributed by atoms with van der Waals surface area (Å²) < 4.78 is 24.8. The van der Waals surface area contributed by atoms with E-state index in [-0.39, 0.29) is 5.16 Å². The van der Waals surface area contributed by atoms with E-state index in [1.165, 1.54) is 4.57 Å². The Bertz CT molecular complexity index is 747. The van der Waals surface area contributed by atoms with Crippen molar-refractivity contribution >= 4 is 19.7 Å². The Kier molecular flexibility index (Phi) is 3.60. The van der Waals surface area contributed by atoms with Crippen LogP contribution in [0.15, 0.2) is 23.5 Å². The molecule has 0 amide bonds. The lowest BCUT2D eigenvalue weighted by Gasteiger charge is -2.24. The van der Waals surface area contributed by atoms with Gasteiger partial charge in [-0.1, -0.05) is 0 Å². The second kappa shape index (κ2) is 4.82. The van der Waals surface area contributed by atoms with E-state index in [1.54, 1.807) is 12.3 Å². The highest BCUT2D eigenvalue weighted by Gasteiger charge is 2.30. The van der Waals surface area contributed by atoms with E-state index in [0.29, 0.717) is 5.82 Å². The largest absolute Gasteiger partial charge is 0.296 e. The molecule has 0 atom stereocenters. The van der Waals surface area contributed by atoms with Crippen LogP contribution in [0.2, 0.25) is 0 Å². The van der Waals surface area contributed by atoms with Gasteiger partial charge in [-0.05, 0) is 39.8 Å². The second-order valence-electron chi connectivity index (χ2n) is 5.44. The van der Waals surface area contributed by atoms with Crippen LogP contribution in [0.3, 0.4) is 0 Å². The maximum Gasteiger partial charge on any atom is 0.296 e. The molecule has 6 nitrogen and oxygen atoms in total. The average molecular weight is 315 g/mol. The summed E-state index contributed by atoms with van der Waals surface area (Å²) in [6.07, 6.45) is 1.64. The molecule has 0 bridgehead atoms. The minimum absolute atomic E-state index is 0.254. The molecule has 0 aromatic carbocycles. The SMILES string of the molecule is Cc1cc(-c2nnc(S(=O)(=O)Cl)n2C(C)(C)C)ccn1. The molecule has 0 N–H and O–H groups in total. The van der Waals surface area contributed by atoms with Crippen LogP contribution in [-0.4, -0.2) is 28.2 Å². The van der Waals surface area contributed by atoms with Crippen LogP contribution in [0.1, 0.15) is 26.5 Å². The second-order valence-corrected chi connectivity index (χ2v) is 7.90. The molecule has 0 saturated heterocycles. The van der Waals surface area contributed by atoms with Crippen molar-refractivity contribution in [1.29, 1.82) is 0 Å². The molecule has 0 aliphatic carbocycles. The third-order valence-electron chi connectivity index (χ3n) is 2.68. The van der Waals surface area contributed by atoms with Crippen molar-refractivity contribution in [1.82, 2.24) is 19.7 Å². The van der Waals surface area contributed by atoms with E-state index in [1.807, 2.05) is 33.8 Å². The molecule has 20 heavy (non-hydrogen) atoms. The predicted octanol–water partition coefficient (Wildman–Crippen LogP) is 2.33. The number of pyridine rings is 1. The first kappa shape index (κ1) is 14.9. The fraction of sp³-hybridized carbons (Fsp3) is 0.417. The standard InChI is InChI=1S/C12H15ClN4O2S/c1-8-7-9(5-6-14-8)10-15-16-11(20(13,18)19)17(10)12(2,3)4/h5-7H,1-4H3. The Morgan fingerprint density at radius 2 is 1.90 bits per heavy atom. The summed E-state index contributed by atoms with van der Waals surface area (Å²) in [6, 6.07) is 3.57. The molecule has 0 unspecified atom stereocenters. The maximum atomic E-state index is 11.6. The summed E-state index contributed by atoms with van der Waals surface area (Å²) in [4.78, 5) is 4.11. The van der Waals surface area contributed by atoms with Gasteiger partial charge < -0.3 is 0 Å². The van der Waals surface area contributed by atoms with Gasteiger partial charge in [-0.25, -0.2) is 8.42 Å². The third kappa shape index (κ3) is 2.83. The molecule has 2 rings (SSSR count). The molecule has 0 aliphatic heterocycles. The number of hydrogen-bond acceptors (Lipinski definition) is 5. The zero-order valence-corrected chi connectivity index (χ0v) is 13.2. The Labute approximate surface area is 122 Å². The van der Waals surface area contributed by atoms with Crippen LogP contribution >= 0.6 is 10.7 Å². The van der Waals surface area contributed by atoms with Crippen molar-refractivity contribution in [2.75, 3.05) is 0 Å². The third-order valence-corrected chi connectivity index (χ3v) is 3.79. The molecule has 8 heteroatoms. The van der Waals surface area contributed by atoms with E-state index in [2.05, 4.69) is 15.2 Å². The molecule has 2 heterocycles. The van der Waals surface area contributed by atoms with Crippen molar-refractivity contribution in [3.63, 3.8) is 0 Å². The molecular formula is C12H15ClN4O2S. The Morgan fingerprint density at radius 1 is 1.25 bits per heavy atom. The van der Waals surface area contributed by atoms with E-state index >= 15 is 0 Å². The van der Waals surface area contributed by atoms with Crippen molar-refractivity contribution in [2.24, 2.45) is 0 Å². The van der Waals surface area contributed by atoms with Crippen LogP contribution < -0.4 is 0 Å². The molecular weight excluding hydrogens is 300 g/mol. The molecule has 2 aromatic rings. The van der Waals surface area contributed by atoms with E-state index < -0.39 is 14.6 Å². The van der Waals surface area contributed by atoms with Gasteiger partial charge >= 0.3 is 0 Å². The first-order valence-electron chi connectivity index (χ1n) is 5.94. The van der Waals surface area contributed by atoms with Gasteiger partial charge in [0.25, 0.3) is 14.2 Å². The van der Waals surface area contributed by atoms with Gasteiger partial charge in [0.15, 0.2) is 5.82 Å². The van der Waals surface area contributed by atoms with Crippen molar-refractivity contribution in [3.8, 4) is 11.4 Å². The van der Waals surface area contributed by atoms with Crippen LogP contribution in [0.5, 0.6) is 0 Å². The lowest BCUT2D eigenvalue weighted by molar-refractivity contribution is 0.367. The molecule has 0 fully saturated rings. The van der Waals surface area contributed by atoms with Gasteiger partial charge in [0, 0.05) is 33.7 Å². The molecule has 0 aliphatic rings. The van der Waals surface area contributed by atoms with Gasteiger partial charge in [-0.15, -0.1) is 10.2 Å². The Hall–Kier alpha value is -1.47. The average Bonchev–Trinajstić information content (AvgIpc) is 2.72. The minimum atomic E-state index is -3.97. The fourth-order valence-corrected chi connectivity index (χ4v) is 2.92. The van der Waals surface area contributed by atoms with Crippen molar-refractivity contribution in [2.45, 2.75) is 38.4 Å². The molecule has 0 radical (unpaired) electrons. The van der Waals surface area contributed by atoms with Gasteiger partial charge in [-0.2, -0.15) is 0 Å². The summed E-state index contributed by atoms with van der Waals surface area (Å²) in [6.45, 7) is 7.43. The lowest BCUT2D eigenvalue weighted by atomic mass is 10.1. The number of nitrogens with zero attached hydrogens (tertiary/aromatic N) is 4. The number of hydrogen-bond donors (Lipinski definition) is 0. The topological polar surface area (TPSA) is 77.7 Å². The molecule has 2 aromatic heterocycles. The zero-order chi connectivity index (χ0) is 15.1. The highest BCUT2D eigenvalue weighted by Crippen LogP contribution is 2.29. The maximum absolute atomic E-state index is 11.6. The smallest absolute Gasteiger partial charge is 0.291 e. The number of halogens is 1. The Morgan fingerprint density at radius 3 is 2.40 bits per heavy atom. The highest BCUT2D eigenvalue weighted by atomic mass is 35.7. The normalized spacial score (nSPS) is 12.7. The fourth-order valence-electron chi connectivity index (χ4n) is 1.90. The summed E-state index contributed by atoms with van der Waals surface area (Å²) in [5.74, 6) is 0.447. The Balaban J connectivity index is 2.76. The molecule has 0 spiro atoms. The number of aromatic nitrogens is 4. The van der Waals surface area contributed by atoms with E-state index in [0.717, 1.165) is 11.3 Å². The quantitative estimate of drug-likeness (QED) is 0.795. The summed E-state index contributed by atoms with van der Waals surface area (Å²) in [5.41, 5.74) is 1.01. The summed E-state index contributed by atoms with van der Waals surface area (Å²) in [5, 5.41) is 7.46.